The zero-order valence-corrected chi connectivity index (χ0v) is 12.2. The molecule has 2 rings (SSSR count). The van der Waals surface area contributed by atoms with Gasteiger partial charge in [0.15, 0.2) is 6.61 Å². The predicted octanol–water partition coefficient (Wildman–Crippen LogP) is 4.55. The van der Waals surface area contributed by atoms with E-state index in [0.29, 0.717) is 16.5 Å². The minimum absolute atomic E-state index is 0.0148. The van der Waals surface area contributed by atoms with E-state index in [1.807, 2.05) is 25.1 Å². The standard InChI is InChI=1S/C16H14ClFN2O/c1-11(20-16-10-13(17)4-7-15(16)18)12-2-5-14(6-3-12)21-9-8-19/h2-7,10-11,20H,9H2,1H3. The Morgan fingerprint density at radius 3 is 2.67 bits per heavy atom. The molecule has 5 heteroatoms. The van der Waals surface area contributed by atoms with Gasteiger partial charge in [-0.15, -0.1) is 0 Å². The van der Waals surface area contributed by atoms with Crippen molar-refractivity contribution in [2.24, 2.45) is 0 Å². The first-order valence-electron chi connectivity index (χ1n) is 6.41. The fraction of sp³-hybridized carbons (Fsp3) is 0.188. The van der Waals surface area contributed by atoms with Crippen LogP contribution in [0.1, 0.15) is 18.5 Å². The van der Waals surface area contributed by atoms with Crippen LogP contribution in [0.2, 0.25) is 5.02 Å². The molecule has 0 saturated carbocycles. The lowest BCUT2D eigenvalue weighted by Gasteiger charge is -2.17. The molecule has 0 radical (unpaired) electrons. The van der Waals surface area contributed by atoms with Crippen molar-refractivity contribution in [2.45, 2.75) is 13.0 Å². The van der Waals surface area contributed by atoms with Crippen LogP contribution in [0.4, 0.5) is 10.1 Å². The third kappa shape index (κ3) is 4.11. The Hall–Kier alpha value is -2.25. The van der Waals surface area contributed by atoms with E-state index in [2.05, 4.69) is 5.32 Å². The average Bonchev–Trinajstić information content (AvgIpc) is 2.49. The molecule has 0 saturated heterocycles. The lowest BCUT2D eigenvalue weighted by Crippen LogP contribution is -2.08. The van der Waals surface area contributed by atoms with Gasteiger partial charge in [-0.2, -0.15) is 5.26 Å². The van der Waals surface area contributed by atoms with Gasteiger partial charge in [0, 0.05) is 11.1 Å². The second kappa shape index (κ2) is 6.96. The summed E-state index contributed by atoms with van der Waals surface area (Å²) in [6.45, 7) is 1.94. The lowest BCUT2D eigenvalue weighted by atomic mass is 10.1. The molecule has 1 atom stereocenters. The van der Waals surface area contributed by atoms with Crippen molar-refractivity contribution in [2.75, 3.05) is 11.9 Å². The van der Waals surface area contributed by atoms with Crippen LogP contribution in [0.5, 0.6) is 5.75 Å². The van der Waals surface area contributed by atoms with E-state index in [4.69, 9.17) is 21.6 Å². The number of hydrogen-bond acceptors (Lipinski definition) is 3. The molecule has 0 fully saturated rings. The summed E-state index contributed by atoms with van der Waals surface area (Å²) in [7, 11) is 0. The molecule has 1 N–H and O–H groups in total. The van der Waals surface area contributed by atoms with Crippen molar-refractivity contribution >= 4 is 17.3 Å². The van der Waals surface area contributed by atoms with Crippen molar-refractivity contribution in [1.82, 2.24) is 0 Å². The Kier molecular flexibility index (Phi) is 5.02. The van der Waals surface area contributed by atoms with E-state index in [1.165, 1.54) is 12.1 Å². The van der Waals surface area contributed by atoms with Crippen LogP contribution in [0.25, 0.3) is 0 Å². The molecule has 0 aromatic heterocycles. The molecule has 2 aromatic carbocycles. The molecule has 108 valence electrons. The van der Waals surface area contributed by atoms with Crippen molar-refractivity contribution < 1.29 is 9.13 Å². The smallest absolute Gasteiger partial charge is 0.174 e. The highest BCUT2D eigenvalue weighted by atomic mass is 35.5. The van der Waals surface area contributed by atoms with Gasteiger partial charge in [-0.3, -0.25) is 0 Å². The predicted molar refractivity (Wildman–Crippen MR) is 81.0 cm³/mol. The molecule has 3 nitrogen and oxygen atoms in total. The second-order valence-corrected chi connectivity index (χ2v) is 4.94. The van der Waals surface area contributed by atoms with E-state index in [9.17, 15) is 4.39 Å². The first-order chi connectivity index (χ1) is 10.1. The molecule has 0 aliphatic carbocycles. The Bertz CT molecular complexity index is 652. The maximum absolute atomic E-state index is 13.7. The van der Waals surface area contributed by atoms with Crippen molar-refractivity contribution in [3.63, 3.8) is 0 Å². The molecule has 0 aliphatic rings. The third-order valence-electron chi connectivity index (χ3n) is 2.98. The molecule has 0 aliphatic heterocycles. The number of nitrogens with zero attached hydrogens (tertiary/aromatic N) is 1. The largest absolute Gasteiger partial charge is 0.479 e. The van der Waals surface area contributed by atoms with E-state index < -0.39 is 0 Å². The summed E-state index contributed by atoms with van der Waals surface area (Å²) in [5, 5.41) is 12.0. The van der Waals surface area contributed by atoms with Gasteiger partial charge >= 0.3 is 0 Å². The van der Waals surface area contributed by atoms with Gasteiger partial charge in [-0.1, -0.05) is 23.7 Å². The Labute approximate surface area is 127 Å². The van der Waals surface area contributed by atoms with E-state index in [1.54, 1.807) is 18.2 Å². The maximum Gasteiger partial charge on any atom is 0.174 e. The van der Waals surface area contributed by atoms with Gasteiger partial charge in [0.25, 0.3) is 0 Å². The Balaban J connectivity index is 2.08. The van der Waals surface area contributed by atoms with Crippen LogP contribution in [0.15, 0.2) is 42.5 Å². The molecular weight excluding hydrogens is 291 g/mol. The normalized spacial score (nSPS) is 11.5. The van der Waals surface area contributed by atoms with Gasteiger partial charge in [-0.05, 0) is 42.8 Å². The van der Waals surface area contributed by atoms with Crippen molar-refractivity contribution in [3.05, 3.63) is 58.9 Å². The maximum atomic E-state index is 13.7. The zero-order valence-electron chi connectivity index (χ0n) is 11.4. The van der Waals surface area contributed by atoms with Crippen LogP contribution < -0.4 is 10.1 Å². The van der Waals surface area contributed by atoms with E-state index >= 15 is 0 Å². The average molecular weight is 305 g/mol. The monoisotopic (exact) mass is 304 g/mol. The van der Waals surface area contributed by atoms with Crippen LogP contribution in [-0.4, -0.2) is 6.61 Å². The molecule has 2 aromatic rings. The highest BCUT2D eigenvalue weighted by Gasteiger charge is 2.09. The molecule has 0 amide bonds. The number of nitriles is 1. The van der Waals surface area contributed by atoms with Crippen LogP contribution in [0.3, 0.4) is 0 Å². The zero-order chi connectivity index (χ0) is 15.2. The van der Waals surface area contributed by atoms with Crippen LogP contribution >= 0.6 is 11.6 Å². The summed E-state index contributed by atoms with van der Waals surface area (Å²) in [5.41, 5.74) is 1.33. The summed E-state index contributed by atoms with van der Waals surface area (Å²) in [5.74, 6) is 0.279. The highest BCUT2D eigenvalue weighted by molar-refractivity contribution is 6.30. The second-order valence-electron chi connectivity index (χ2n) is 4.51. The lowest BCUT2D eigenvalue weighted by molar-refractivity contribution is 0.368. The minimum Gasteiger partial charge on any atom is -0.479 e. The molecule has 21 heavy (non-hydrogen) atoms. The number of halogens is 2. The molecule has 0 bridgehead atoms. The molecule has 0 spiro atoms. The van der Waals surface area contributed by atoms with E-state index in [-0.39, 0.29) is 18.5 Å². The van der Waals surface area contributed by atoms with Gasteiger partial charge in [0.2, 0.25) is 0 Å². The number of hydrogen-bond donors (Lipinski definition) is 1. The van der Waals surface area contributed by atoms with Gasteiger partial charge in [-0.25, -0.2) is 4.39 Å². The number of rotatable bonds is 5. The molecular formula is C16H14ClFN2O. The Morgan fingerprint density at radius 2 is 2.00 bits per heavy atom. The van der Waals surface area contributed by atoms with Crippen molar-refractivity contribution in [3.8, 4) is 11.8 Å². The Morgan fingerprint density at radius 1 is 1.29 bits per heavy atom. The fourth-order valence-corrected chi connectivity index (χ4v) is 2.07. The number of ether oxygens (including phenoxy) is 1. The number of benzene rings is 2. The quantitative estimate of drug-likeness (QED) is 0.881. The van der Waals surface area contributed by atoms with Crippen LogP contribution in [0, 0.1) is 17.1 Å². The van der Waals surface area contributed by atoms with Gasteiger partial charge in [0.05, 0.1) is 5.69 Å². The van der Waals surface area contributed by atoms with Crippen molar-refractivity contribution in [1.29, 1.82) is 5.26 Å². The first kappa shape index (κ1) is 15.1. The third-order valence-corrected chi connectivity index (χ3v) is 3.22. The number of nitrogens with one attached hydrogen (secondary N) is 1. The summed E-state index contributed by atoms with van der Waals surface area (Å²) in [4.78, 5) is 0. The topological polar surface area (TPSA) is 45.0 Å². The SMILES string of the molecule is CC(Nc1cc(Cl)ccc1F)c1ccc(OCC#N)cc1. The van der Waals surface area contributed by atoms with E-state index in [0.717, 1.165) is 5.56 Å². The molecule has 0 heterocycles. The summed E-state index contributed by atoms with van der Waals surface area (Å²) >= 11 is 5.87. The minimum atomic E-state index is -0.347. The molecule has 1 unspecified atom stereocenters. The summed E-state index contributed by atoms with van der Waals surface area (Å²) < 4.78 is 18.9. The van der Waals surface area contributed by atoms with Crippen LogP contribution in [-0.2, 0) is 0 Å². The highest BCUT2D eigenvalue weighted by Crippen LogP contribution is 2.25. The van der Waals surface area contributed by atoms with Gasteiger partial charge < -0.3 is 10.1 Å². The number of anilines is 1. The summed E-state index contributed by atoms with van der Waals surface area (Å²) in [6.07, 6.45) is 0. The summed E-state index contributed by atoms with van der Waals surface area (Å²) in [6, 6.07) is 13.5. The first-order valence-corrected chi connectivity index (χ1v) is 6.79. The van der Waals surface area contributed by atoms with Gasteiger partial charge in [0.1, 0.15) is 17.6 Å². The fourth-order valence-electron chi connectivity index (χ4n) is 1.89.